The number of carbonyl (C=O) groups is 2. The minimum atomic E-state index is -4.85. The van der Waals surface area contributed by atoms with Crippen LogP contribution in [0.5, 0.6) is 0 Å². The van der Waals surface area contributed by atoms with Crippen molar-refractivity contribution in [2.45, 2.75) is 19.5 Å². The fourth-order valence-corrected chi connectivity index (χ4v) is 3.87. The first-order valence-electron chi connectivity index (χ1n) is 10.6. The van der Waals surface area contributed by atoms with E-state index in [0.717, 1.165) is 0 Å². The van der Waals surface area contributed by atoms with E-state index < -0.39 is 29.4 Å². The van der Waals surface area contributed by atoms with Crippen molar-refractivity contribution in [3.05, 3.63) is 75.8 Å². The van der Waals surface area contributed by atoms with Gasteiger partial charge in [0, 0.05) is 30.4 Å². The zero-order valence-electron chi connectivity index (χ0n) is 18.5. The standard InChI is InChI=1S/C23H17Cl2F3N6O2/c1-2-7-31-22(36)17-18-12(5-3-8-29-18)10-14(25)19(17)32-21(35)15-11-16(23(26,27)28)33-34(15)20-13(24)6-4-9-30-20/h3-6,8-11H,2,7H2,1H3,(H,31,36)(H,32,35). The van der Waals surface area contributed by atoms with E-state index in [1.165, 1.54) is 30.6 Å². The maximum absolute atomic E-state index is 13.5. The number of pyridine rings is 2. The topological polar surface area (TPSA) is 102 Å². The average Bonchev–Trinajstić information content (AvgIpc) is 3.29. The summed E-state index contributed by atoms with van der Waals surface area (Å²) >= 11 is 12.5. The zero-order valence-corrected chi connectivity index (χ0v) is 20.0. The minimum Gasteiger partial charge on any atom is -0.352 e. The van der Waals surface area contributed by atoms with E-state index in [4.69, 9.17) is 23.2 Å². The van der Waals surface area contributed by atoms with Crippen LogP contribution in [0, 0.1) is 0 Å². The average molecular weight is 537 g/mol. The third kappa shape index (κ3) is 4.98. The highest BCUT2D eigenvalue weighted by atomic mass is 35.5. The van der Waals surface area contributed by atoms with E-state index >= 15 is 0 Å². The molecule has 4 rings (SSSR count). The smallest absolute Gasteiger partial charge is 0.352 e. The highest BCUT2D eigenvalue weighted by molar-refractivity contribution is 6.36. The summed E-state index contributed by atoms with van der Waals surface area (Å²) in [6.07, 6.45) is -1.45. The Morgan fingerprint density at radius 3 is 2.44 bits per heavy atom. The van der Waals surface area contributed by atoms with Gasteiger partial charge in [0.25, 0.3) is 11.8 Å². The van der Waals surface area contributed by atoms with Crippen LogP contribution in [0.2, 0.25) is 10.0 Å². The summed E-state index contributed by atoms with van der Waals surface area (Å²) in [5.74, 6) is -1.77. The van der Waals surface area contributed by atoms with Crippen molar-refractivity contribution in [2.24, 2.45) is 0 Å². The first-order chi connectivity index (χ1) is 17.1. The molecule has 4 aromatic rings. The summed E-state index contributed by atoms with van der Waals surface area (Å²) < 4.78 is 41.1. The molecule has 3 aromatic heterocycles. The van der Waals surface area contributed by atoms with Crippen LogP contribution in [0.4, 0.5) is 18.9 Å². The molecule has 0 saturated heterocycles. The van der Waals surface area contributed by atoms with Gasteiger partial charge in [-0.1, -0.05) is 36.2 Å². The second kappa shape index (κ2) is 10.1. The van der Waals surface area contributed by atoms with Crippen molar-refractivity contribution in [1.82, 2.24) is 25.1 Å². The van der Waals surface area contributed by atoms with E-state index in [1.807, 2.05) is 6.92 Å². The molecule has 1 aromatic carbocycles. The molecule has 3 heterocycles. The Bertz CT molecular complexity index is 1470. The Kier molecular flexibility index (Phi) is 7.14. The van der Waals surface area contributed by atoms with Crippen molar-refractivity contribution in [1.29, 1.82) is 0 Å². The molecule has 0 aliphatic carbocycles. The Hall–Kier alpha value is -3.70. The molecule has 0 unspecified atom stereocenters. The number of carbonyl (C=O) groups excluding carboxylic acids is 2. The SMILES string of the molecule is CCCNC(=O)c1c(NC(=O)c2cc(C(F)(F)F)nn2-c2ncccc2Cl)c(Cl)cc2cccnc12. The van der Waals surface area contributed by atoms with Crippen molar-refractivity contribution < 1.29 is 22.8 Å². The maximum Gasteiger partial charge on any atom is 0.435 e. The predicted octanol–water partition coefficient (Wildman–Crippen LogP) is 5.53. The second-order valence-corrected chi connectivity index (χ2v) is 8.34. The molecule has 0 atom stereocenters. The predicted molar refractivity (Wildman–Crippen MR) is 129 cm³/mol. The number of halogens is 5. The Morgan fingerprint density at radius 2 is 1.75 bits per heavy atom. The van der Waals surface area contributed by atoms with Crippen LogP contribution in [-0.2, 0) is 6.18 Å². The first kappa shape index (κ1) is 25.4. The van der Waals surface area contributed by atoms with Crippen LogP contribution < -0.4 is 10.6 Å². The molecular formula is C23H17Cl2F3N6O2. The van der Waals surface area contributed by atoms with Gasteiger partial charge in [0.2, 0.25) is 0 Å². The number of benzene rings is 1. The van der Waals surface area contributed by atoms with Crippen LogP contribution in [0.25, 0.3) is 16.7 Å². The van der Waals surface area contributed by atoms with Gasteiger partial charge in [0.05, 0.1) is 26.8 Å². The lowest BCUT2D eigenvalue weighted by Crippen LogP contribution is -2.27. The van der Waals surface area contributed by atoms with E-state index in [-0.39, 0.29) is 32.6 Å². The highest BCUT2D eigenvalue weighted by Gasteiger charge is 2.37. The molecule has 0 spiro atoms. The van der Waals surface area contributed by atoms with Gasteiger partial charge in [-0.3, -0.25) is 14.6 Å². The summed E-state index contributed by atoms with van der Waals surface area (Å²) in [7, 11) is 0. The molecular weight excluding hydrogens is 520 g/mol. The van der Waals surface area contributed by atoms with Gasteiger partial charge in [-0.05, 0) is 30.7 Å². The Balaban J connectivity index is 1.85. The Labute approximate surface area is 212 Å². The number of hydrogen-bond donors (Lipinski definition) is 2. The molecule has 0 fully saturated rings. The highest BCUT2D eigenvalue weighted by Crippen LogP contribution is 2.34. The zero-order chi connectivity index (χ0) is 26.0. The number of fused-ring (bicyclic) bond motifs is 1. The lowest BCUT2D eigenvalue weighted by Gasteiger charge is -2.16. The van der Waals surface area contributed by atoms with Gasteiger partial charge < -0.3 is 10.6 Å². The molecule has 0 bridgehead atoms. The summed E-state index contributed by atoms with van der Waals surface area (Å²) in [5, 5.41) is 9.17. The molecule has 0 radical (unpaired) electrons. The normalized spacial score (nSPS) is 11.5. The largest absolute Gasteiger partial charge is 0.435 e. The van der Waals surface area contributed by atoms with Gasteiger partial charge in [0.1, 0.15) is 5.69 Å². The molecule has 13 heteroatoms. The number of nitrogens with zero attached hydrogens (tertiary/aromatic N) is 4. The van der Waals surface area contributed by atoms with E-state index in [2.05, 4.69) is 25.7 Å². The van der Waals surface area contributed by atoms with Crippen molar-refractivity contribution in [2.75, 3.05) is 11.9 Å². The second-order valence-electron chi connectivity index (χ2n) is 7.53. The fraction of sp³-hybridized carbons (Fsp3) is 0.174. The molecule has 8 nitrogen and oxygen atoms in total. The fourth-order valence-electron chi connectivity index (χ4n) is 3.41. The van der Waals surface area contributed by atoms with Crippen molar-refractivity contribution in [3.8, 4) is 5.82 Å². The van der Waals surface area contributed by atoms with E-state index in [1.54, 1.807) is 12.1 Å². The lowest BCUT2D eigenvalue weighted by atomic mass is 10.1. The van der Waals surface area contributed by atoms with Gasteiger partial charge >= 0.3 is 6.18 Å². The summed E-state index contributed by atoms with van der Waals surface area (Å²) in [4.78, 5) is 34.5. The van der Waals surface area contributed by atoms with Crippen LogP contribution >= 0.6 is 23.2 Å². The maximum atomic E-state index is 13.5. The van der Waals surface area contributed by atoms with Crippen molar-refractivity contribution in [3.63, 3.8) is 0 Å². The number of alkyl halides is 3. The van der Waals surface area contributed by atoms with E-state index in [0.29, 0.717) is 29.1 Å². The number of rotatable bonds is 6. The molecule has 186 valence electrons. The monoisotopic (exact) mass is 536 g/mol. The molecule has 36 heavy (non-hydrogen) atoms. The third-order valence-electron chi connectivity index (χ3n) is 5.02. The Morgan fingerprint density at radius 1 is 1.03 bits per heavy atom. The molecule has 2 N–H and O–H groups in total. The lowest BCUT2D eigenvalue weighted by molar-refractivity contribution is -0.141. The van der Waals surface area contributed by atoms with Crippen LogP contribution in [0.15, 0.2) is 48.8 Å². The van der Waals surface area contributed by atoms with Crippen LogP contribution in [0.3, 0.4) is 0 Å². The van der Waals surface area contributed by atoms with Gasteiger partial charge in [-0.15, -0.1) is 0 Å². The minimum absolute atomic E-state index is 0.0107. The number of aromatic nitrogens is 4. The molecule has 0 aliphatic rings. The van der Waals surface area contributed by atoms with E-state index in [9.17, 15) is 22.8 Å². The number of hydrogen-bond acceptors (Lipinski definition) is 5. The van der Waals surface area contributed by atoms with Crippen LogP contribution in [0.1, 0.15) is 39.9 Å². The third-order valence-corrected chi connectivity index (χ3v) is 5.61. The summed E-state index contributed by atoms with van der Waals surface area (Å²) in [6, 6.07) is 8.25. The van der Waals surface area contributed by atoms with Gasteiger partial charge in [-0.2, -0.15) is 18.3 Å². The number of anilines is 1. The van der Waals surface area contributed by atoms with Crippen molar-refractivity contribution >= 4 is 51.6 Å². The van der Waals surface area contributed by atoms with Gasteiger partial charge in [-0.25, -0.2) is 9.67 Å². The quantitative estimate of drug-likeness (QED) is 0.337. The summed E-state index contributed by atoms with van der Waals surface area (Å²) in [5.41, 5.74) is -1.75. The van der Waals surface area contributed by atoms with Crippen LogP contribution in [-0.4, -0.2) is 38.1 Å². The molecule has 0 aliphatic heterocycles. The first-order valence-corrected chi connectivity index (χ1v) is 11.3. The number of amides is 2. The molecule has 0 saturated carbocycles. The van der Waals surface area contributed by atoms with Gasteiger partial charge in [0.15, 0.2) is 11.5 Å². The molecule has 2 amide bonds. The summed E-state index contributed by atoms with van der Waals surface area (Å²) in [6.45, 7) is 2.20. The number of nitrogens with one attached hydrogen (secondary N) is 2.